The number of aliphatic hydroxyl groups excluding tert-OH is 1. The molecule has 0 radical (unpaired) electrons. The van der Waals surface area contributed by atoms with Gasteiger partial charge in [0.2, 0.25) is 10.0 Å². The number of ether oxygens (including phenoxy) is 5. The molecule has 1 saturated carbocycles. The Kier molecular flexibility index (Phi) is 11.2. The van der Waals surface area contributed by atoms with E-state index in [0.717, 1.165) is 5.56 Å². The number of sulfonamides is 1. The first-order chi connectivity index (χ1) is 19.7. The first-order valence-corrected chi connectivity index (χ1v) is 15.5. The van der Waals surface area contributed by atoms with Gasteiger partial charge in [0.1, 0.15) is 25.4 Å². The lowest BCUT2D eigenvalue weighted by Gasteiger charge is -2.30. The van der Waals surface area contributed by atoms with Crippen molar-refractivity contribution in [3.05, 3.63) is 60.2 Å². The van der Waals surface area contributed by atoms with Crippen LogP contribution >= 0.6 is 0 Å². The van der Waals surface area contributed by atoms with Gasteiger partial charge in [-0.25, -0.2) is 8.42 Å². The number of rotatable bonds is 13. The molecule has 1 saturated heterocycles. The molecule has 1 heterocycles. The number of esters is 1. The Balaban J connectivity index is 1.48. The minimum Gasteiger partial charge on any atom is -0.497 e. The summed E-state index contributed by atoms with van der Waals surface area (Å²) in [5.41, 5.74) is 0.933. The van der Waals surface area contributed by atoms with Gasteiger partial charge in [0.15, 0.2) is 0 Å². The van der Waals surface area contributed by atoms with Gasteiger partial charge in [-0.15, -0.1) is 0 Å². The van der Waals surface area contributed by atoms with Crippen LogP contribution in [0, 0.1) is 11.8 Å². The zero-order valence-electron chi connectivity index (χ0n) is 23.9. The fourth-order valence-electron chi connectivity index (χ4n) is 5.31. The number of carbonyl (C=O) groups is 1. The number of aliphatic hydroxyl groups is 1. The van der Waals surface area contributed by atoms with Crippen LogP contribution in [-0.4, -0.2) is 82.0 Å². The van der Waals surface area contributed by atoms with Gasteiger partial charge in [-0.3, -0.25) is 4.79 Å². The van der Waals surface area contributed by atoms with Gasteiger partial charge >= 0.3 is 5.97 Å². The average molecular weight is 592 g/mol. The Morgan fingerprint density at radius 2 is 1.63 bits per heavy atom. The lowest BCUT2D eigenvalue weighted by molar-refractivity contribution is -0.153. The SMILES string of the molecule is COc1ccc(S(=O)(=O)N(CC(C)C)C[C@@H](O)[C@@H](CC(=O)OC2CC3OCOCO[C@@H]3C2)Cc2ccccc2)cc1. The van der Waals surface area contributed by atoms with Crippen molar-refractivity contribution in [2.24, 2.45) is 11.8 Å². The van der Waals surface area contributed by atoms with E-state index in [4.69, 9.17) is 23.7 Å². The minimum absolute atomic E-state index is 0.0118. The van der Waals surface area contributed by atoms with E-state index in [0.29, 0.717) is 25.0 Å². The summed E-state index contributed by atoms with van der Waals surface area (Å²) in [6.07, 6.45) is -0.546. The van der Waals surface area contributed by atoms with Crippen molar-refractivity contribution in [1.29, 1.82) is 0 Å². The van der Waals surface area contributed by atoms with E-state index in [1.54, 1.807) is 12.1 Å². The standard InChI is InChI=1S/C30H41NO9S/c1-21(2)17-31(41(34,35)26-11-9-24(36-3)10-12-26)18-27(32)23(13-22-7-5-4-6-8-22)14-30(33)40-25-15-28-29(16-25)39-20-37-19-38-28/h4-12,21,23,25,27-29,32H,13-20H2,1-3H3/t23-,25?,27-,28-,29?/m1/s1. The van der Waals surface area contributed by atoms with Gasteiger partial charge in [-0.1, -0.05) is 44.2 Å². The van der Waals surface area contributed by atoms with Crippen molar-refractivity contribution in [2.75, 3.05) is 33.8 Å². The topological polar surface area (TPSA) is 121 Å². The predicted octanol–water partition coefficient (Wildman–Crippen LogP) is 3.37. The first-order valence-electron chi connectivity index (χ1n) is 14.0. The largest absolute Gasteiger partial charge is 0.497 e. The van der Waals surface area contributed by atoms with Gasteiger partial charge in [-0.05, 0) is 42.2 Å². The highest BCUT2D eigenvalue weighted by Crippen LogP contribution is 2.30. The molecule has 2 unspecified atom stereocenters. The molecule has 226 valence electrons. The molecule has 41 heavy (non-hydrogen) atoms. The van der Waals surface area contributed by atoms with Crippen molar-refractivity contribution in [3.63, 3.8) is 0 Å². The lowest BCUT2D eigenvalue weighted by Crippen LogP contribution is -2.43. The molecule has 11 heteroatoms. The number of fused-ring (bicyclic) bond motifs is 1. The number of hydrogen-bond acceptors (Lipinski definition) is 9. The van der Waals surface area contributed by atoms with Gasteiger partial charge in [0, 0.05) is 31.8 Å². The summed E-state index contributed by atoms with van der Waals surface area (Å²) in [5.74, 6) is -0.461. The number of nitrogens with zero attached hydrogens (tertiary/aromatic N) is 1. The number of carbonyl (C=O) groups excluding carboxylic acids is 1. The Bertz CT molecular complexity index is 1190. The van der Waals surface area contributed by atoms with Crippen molar-refractivity contribution in [2.45, 2.75) is 68.8 Å². The Morgan fingerprint density at radius 3 is 2.22 bits per heavy atom. The normalized spacial score (nSPS) is 22.6. The van der Waals surface area contributed by atoms with Crippen LogP contribution in [-0.2, 0) is 40.2 Å². The first kappa shape index (κ1) is 31.4. The van der Waals surface area contributed by atoms with E-state index >= 15 is 0 Å². The molecule has 4 rings (SSSR count). The smallest absolute Gasteiger partial charge is 0.306 e. The van der Waals surface area contributed by atoms with Crippen LogP contribution < -0.4 is 4.74 Å². The third-order valence-corrected chi connectivity index (χ3v) is 9.25. The summed E-state index contributed by atoms with van der Waals surface area (Å²) in [7, 11) is -2.41. The Labute approximate surface area is 242 Å². The quantitative estimate of drug-likeness (QED) is 0.350. The van der Waals surface area contributed by atoms with Crippen molar-refractivity contribution < 1.29 is 42.0 Å². The number of methoxy groups -OCH3 is 1. The maximum Gasteiger partial charge on any atom is 0.306 e. The Hall–Kier alpha value is -2.54. The Morgan fingerprint density at radius 1 is 1.00 bits per heavy atom. The molecule has 0 spiro atoms. The van der Waals surface area contributed by atoms with Crippen LogP contribution in [0.1, 0.15) is 38.7 Å². The van der Waals surface area contributed by atoms with E-state index in [2.05, 4.69) is 0 Å². The molecular formula is C30H41NO9S. The van der Waals surface area contributed by atoms with Gasteiger partial charge in [0.25, 0.3) is 0 Å². The fourth-order valence-corrected chi connectivity index (χ4v) is 6.93. The van der Waals surface area contributed by atoms with E-state index < -0.39 is 28.0 Å². The summed E-state index contributed by atoms with van der Waals surface area (Å²) >= 11 is 0. The summed E-state index contributed by atoms with van der Waals surface area (Å²) in [5, 5.41) is 11.5. The average Bonchev–Trinajstić information content (AvgIpc) is 3.19. The highest BCUT2D eigenvalue weighted by atomic mass is 32.2. The van der Waals surface area contributed by atoms with E-state index in [1.807, 2.05) is 44.2 Å². The highest BCUT2D eigenvalue weighted by Gasteiger charge is 2.40. The number of hydrogen-bond donors (Lipinski definition) is 1. The molecule has 2 aromatic carbocycles. The third kappa shape index (κ3) is 8.73. The molecule has 2 aliphatic rings. The maximum atomic E-state index is 13.6. The van der Waals surface area contributed by atoms with Gasteiger partial charge < -0.3 is 28.8 Å². The van der Waals surface area contributed by atoms with E-state index in [9.17, 15) is 18.3 Å². The second-order valence-corrected chi connectivity index (χ2v) is 13.0. The van der Waals surface area contributed by atoms with Crippen LogP contribution in [0.2, 0.25) is 0 Å². The molecule has 1 N–H and O–H groups in total. The molecule has 0 aromatic heterocycles. The lowest BCUT2D eigenvalue weighted by atomic mass is 9.90. The molecule has 0 bridgehead atoms. The zero-order valence-corrected chi connectivity index (χ0v) is 24.7. The monoisotopic (exact) mass is 591 g/mol. The van der Waals surface area contributed by atoms with Gasteiger partial charge in [0.05, 0.1) is 36.7 Å². The van der Waals surface area contributed by atoms with E-state index in [-0.39, 0.29) is 62.2 Å². The maximum absolute atomic E-state index is 13.6. The summed E-state index contributed by atoms with van der Waals surface area (Å²) in [4.78, 5) is 13.2. The molecule has 2 aromatic rings. The summed E-state index contributed by atoms with van der Waals surface area (Å²) in [6.45, 7) is 4.17. The van der Waals surface area contributed by atoms with Gasteiger partial charge in [-0.2, -0.15) is 4.31 Å². The van der Waals surface area contributed by atoms with Crippen LogP contribution in [0.4, 0.5) is 0 Å². The second-order valence-electron chi connectivity index (χ2n) is 11.0. The molecule has 0 amide bonds. The van der Waals surface area contributed by atoms with E-state index in [1.165, 1.54) is 23.5 Å². The number of benzene rings is 2. The van der Waals surface area contributed by atoms with Crippen LogP contribution in [0.15, 0.2) is 59.5 Å². The highest BCUT2D eigenvalue weighted by molar-refractivity contribution is 7.89. The van der Waals surface area contributed by atoms with Crippen molar-refractivity contribution in [3.8, 4) is 5.75 Å². The van der Waals surface area contributed by atoms with Crippen LogP contribution in [0.3, 0.4) is 0 Å². The minimum atomic E-state index is -3.92. The van der Waals surface area contributed by atoms with Crippen LogP contribution in [0.25, 0.3) is 0 Å². The molecule has 2 fully saturated rings. The molecular weight excluding hydrogens is 550 g/mol. The summed E-state index contributed by atoms with van der Waals surface area (Å²) in [6, 6.07) is 15.7. The predicted molar refractivity (Wildman–Crippen MR) is 151 cm³/mol. The van der Waals surface area contributed by atoms with Crippen LogP contribution in [0.5, 0.6) is 5.75 Å². The molecule has 1 aliphatic heterocycles. The van der Waals surface area contributed by atoms with Crippen molar-refractivity contribution >= 4 is 16.0 Å². The molecule has 10 nitrogen and oxygen atoms in total. The fraction of sp³-hybridized carbons (Fsp3) is 0.567. The molecule has 5 atom stereocenters. The summed E-state index contributed by atoms with van der Waals surface area (Å²) < 4.78 is 56.0. The molecule has 1 aliphatic carbocycles. The third-order valence-electron chi connectivity index (χ3n) is 7.40. The van der Waals surface area contributed by atoms with Crippen molar-refractivity contribution in [1.82, 2.24) is 4.31 Å². The zero-order chi connectivity index (χ0) is 29.4. The second kappa shape index (κ2) is 14.6.